The van der Waals surface area contributed by atoms with E-state index in [1.807, 2.05) is 23.0 Å². The second-order valence-corrected chi connectivity index (χ2v) is 7.37. The summed E-state index contributed by atoms with van der Waals surface area (Å²) in [6.07, 6.45) is 5.77. The van der Waals surface area contributed by atoms with E-state index >= 15 is 0 Å². The molecular formula is C19H26N4O2. The zero-order valence-electron chi connectivity index (χ0n) is 14.8. The predicted octanol–water partition coefficient (Wildman–Crippen LogP) is 1.90. The Kier molecular flexibility index (Phi) is 4.48. The Morgan fingerprint density at radius 2 is 2.04 bits per heavy atom. The first-order chi connectivity index (χ1) is 12.2. The smallest absolute Gasteiger partial charge is 0.340 e. The lowest BCUT2D eigenvalue weighted by molar-refractivity contribution is 0.0266. The fourth-order valence-electron chi connectivity index (χ4n) is 4.29. The second-order valence-electron chi connectivity index (χ2n) is 7.37. The maximum absolute atomic E-state index is 12.0. The van der Waals surface area contributed by atoms with Crippen LogP contribution >= 0.6 is 0 Å². The molecule has 6 nitrogen and oxygen atoms in total. The van der Waals surface area contributed by atoms with E-state index < -0.39 is 0 Å². The van der Waals surface area contributed by atoms with Crippen LogP contribution < -0.4 is 5.32 Å². The van der Waals surface area contributed by atoms with Crippen molar-refractivity contribution in [2.45, 2.75) is 25.8 Å². The van der Waals surface area contributed by atoms with Gasteiger partial charge in [0.25, 0.3) is 0 Å². The van der Waals surface area contributed by atoms with E-state index in [0.717, 1.165) is 30.5 Å². The maximum Gasteiger partial charge on any atom is 0.340 e. The van der Waals surface area contributed by atoms with E-state index in [1.54, 1.807) is 6.07 Å². The highest BCUT2D eigenvalue weighted by molar-refractivity contribution is 6.02. The van der Waals surface area contributed by atoms with Crippen LogP contribution in [0, 0.1) is 5.41 Å². The van der Waals surface area contributed by atoms with Crippen LogP contribution in [0.2, 0.25) is 0 Å². The number of aromatic nitrogens is 2. The SMILES string of the molecule is COC(=O)c1cccc2cnn(CCNCC34CCN(CC3)CC4)c12. The number of nitrogens with one attached hydrogen (secondary N) is 1. The van der Waals surface area contributed by atoms with Crippen LogP contribution in [0.1, 0.15) is 29.6 Å². The number of hydrogen-bond acceptors (Lipinski definition) is 5. The first-order valence-corrected chi connectivity index (χ1v) is 9.17. The number of carbonyl (C=O) groups excluding carboxylic acids is 1. The number of piperidine rings is 3. The van der Waals surface area contributed by atoms with Crippen molar-refractivity contribution in [1.29, 1.82) is 0 Å². The van der Waals surface area contributed by atoms with Gasteiger partial charge in [-0.3, -0.25) is 4.68 Å². The van der Waals surface area contributed by atoms with Crippen molar-refractivity contribution in [3.8, 4) is 0 Å². The molecule has 1 aromatic carbocycles. The van der Waals surface area contributed by atoms with E-state index in [4.69, 9.17) is 4.74 Å². The molecule has 25 heavy (non-hydrogen) atoms. The molecular weight excluding hydrogens is 316 g/mol. The van der Waals surface area contributed by atoms with Gasteiger partial charge in [-0.2, -0.15) is 5.10 Å². The van der Waals surface area contributed by atoms with E-state index in [0.29, 0.717) is 11.0 Å². The standard InChI is InChI=1S/C19H26N4O2/c1-25-18(24)16-4-2-3-15-13-21-23(17(15)16)12-8-20-14-19-5-9-22(10-6-19)11-7-19/h2-4,13,20H,5-12,14H2,1H3. The third-order valence-electron chi connectivity index (χ3n) is 5.94. The van der Waals surface area contributed by atoms with Crippen LogP contribution in [0.25, 0.3) is 10.9 Å². The minimum absolute atomic E-state index is 0.312. The molecule has 0 radical (unpaired) electrons. The average molecular weight is 342 g/mol. The largest absolute Gasteiger partial charge is 0.465 e. The molecule has 1 N–H and O–H groups in total. The Hall–Kier alpha value is -1.92. The van der Waals surface area contributed by atoms with Gasteiger partial charge in [0.1, 0.15) is 0 Å². The zero-order chi connectivity index (χ0) is 17.3. The molecule has 5 rings (SSSR count). The van der Waals surface area contributed by atoms with Gasteiger partial charge in [0.15, 0.2) is 0 Å². The van der Waals surface area contributed by atoms with Crippen LogP contribution in [-0.2, 0) is 11.3 Å². The molecule has 3 saturated heterocycles. The number of hydrogen-bond donors (Lipinski definition) is 1. The molecule has 0 spiro atoms. The Balaban J connectivity index is 1.40. The molecule has 6 heteroatoms. The predicted molar refractivity (Wildman–Crippen MR) is 96.7 cm³/mol. The number of rotatable bonds is 6. The van der Waals surface area contributed by atoms with Crippen molar-refractivity contribution < 1.29 is 9.53 Å². The molecule has 0 amide bonds. The average Bonchev–Trinajstić information content (AvgIpc) is 3.09. The fraction of sp³-hybridized carbons (Fsp3) is 0.579. The van der Waals surface area contributed by atoms with Crippen molar-refractivity contribution in [2.24, 2.45) is 5.41 Å². The topological polar surface area (TPSA) is 59.4 Å². The fourth-order valence-corrected chi connectivity index (χ4v) is 4.29. The van der Waals surface area contributed by atoms with Gasteiger partial charge in [0.2, 0.25) is 0 Å². The Morgan fingerprint density at radius 1 is 1.28 bits per heavy atom. The molecule has 0 atom stereocenters. The lowest BCUT2D eigenvalue weighted by Crippen LogP contribution is -2.52. The highest BCUT2D eigenvalue weighted by Crippen LogP contribution is 2.39. The maximum atomic E-state index is 12.0. The van der Waals surface area contributed by atoms with Crippen molar-refractivity contribution in [1.82, 2.24) is 20.0 Å². The van der Waals surface area contributed by atoms with Crippen molar-refractivity contribution in [3.05, 3.63) is 30.0 Å². The summed E-state index contributed by atoms with van der Waals surface area (Å²) in [6.45, 7) is 6.47. The number of ether oxygens (including phenoxy) is 1. The molecule has 0 saturated carbocycles. The number of benzene rings is 1. The van der Waals surface area contributed by atoms with E-state index in [1.165, 1.54) is 46.0 Å². The normalized spacial score (nSPS) is 25.4. The van der Waals surface area contributed by atoms with Gasteiger partial charge in [0.05, 0.1) is 30.9 Å². The van der Waals surface area contributed by atoms with Crippen LogP contribution in [0.3, 0.4) is 0 Å². The summed E-state index contributed by atoms with van der Waals surface area (Å²) < 4.78 is 6.82. The molecule has 1 aromatic heterocycles. The quantitative estimate of drug-likeness (QED) is 0.642. The van der Waals surface area contributed by atoms with Crippen molar-refractivity contribution in [2.75, 3.05) is 39.8 Å². The lowest BCUT2D eigenvalue weighted by Gasteiger charge is -2.48. The minimum atomic E-state index is -0.312. The number of para-hydroxylation sites is 1. The van der Waals surface area contributed by atoms with E-state index in [9.17, 15) is 4.79 Å². The summed E-state index contributed by atoms with van der Waals surface area (Å²) in [4.78, 5) is 14.6. The van der Waals surface area contributed by atoms with Gasteiger partial charge in [-0.25, -0.2) is 4.79 Å². The van der Waals surface area contributed by atoms with Crippen LogP contribution in [-0.4, -0.2) is 60.5 Å². The molecule has 3 fully saturated rings. The highest BCUT2D eigenvalue weighted by Gasteiger charge is 2.38. The van der Waals surface area contributed by atoms with Gasteiger partial charge in [-0.15, -0.1) is 0 Å². The molecule has 3 aliphatic heterocycles. The molecule has 4 heterocycles. The monoisotopic (exact) mass is 342 g/mol. The van der Waals surface area contributed by atoms with Gasteiger partial charge in [-0.1, -0.05) is 12.1 Å². The third kappa shape index (κ3) is 3.16. The van der Waals surface area contributed by atoms with Crippen LogP contribution in [0.4, 0.5) is 0 Å². The number of carbonyl (C=O) groups is 1. The summed E-state index contributed by atoms with van der Waals surface area (Å²) in [5, 5.41) is 9.08. The molecule has 0 unspecified atom stereocenters. The minimum Gasteiger partial charge on any atom is -0.465 e. The first-order valence-electron chi connectivity index (χ1n) is 9.17. The van der Waals surface area contributed by atoms with E-state index in [-0.39, 0.29) is 5.97 Å². The first kappa shape index (κ1) is 16.5. The summed E-state index contributed by atoms with van der Waals surface area (Å²) in [5.74, 6) is -0.312. The summed E-state index contributed by atoms with van der Waals surface area (Å²) >= 11 is 0. The summed E-state index contributed by atoms with van der Waals surface area (Å²) in [6, 6.07) is 5.65. The van der Waals surface area contributed by atoms with Gasteiger partial charge in [-0.05, 0) is 50.4 Å². The molecule has 134 valence electrons. The molecule has 2 aromatic rings. The number of fused-ring (bicyclic) bond motifs is 4. The number of methoxy groups -OCH3 is 1. The molecule has 2 bridgehead atoms. The third-order valence-corrected chi connectivity index (χ3v) is 5.94. The molecule has 0 aliphatic carbocycles. The van der Waals surface area contributed by atoms with Crippen LogP contribution in [0.5, 0.6) is 0 Å². The summed E-state index contributed by atoms with van der Waals surface area (Å²) in [5.41, 5.74) is 1.94. The summed E-state index contributed by atoms with van der Waals surface area (Å²) in [7, 11) is 1.41. The Morgan fingerprint density at radius 3 is 2.76 bits per heavy atom. The van der Waals surface area contributed by atoms with E-state index in [2.05, 4.69) is 15.3 Å². The number of esters is 1. The zero-order valence-corrected chi connectivity index (χ0v) is 14.8. The van der Waals surface area contributed by atoms with Crippen molar-refractivity contribution in [3.63, 3.8) is 0 Å². The Labute approximate surface area is 148 Å². The van der Waals surface area contributed by atoms with Crippen LogP contribution in [0.15, 0.2) is 24.4 Å². The molecule has 3 aliphatic rings. The van der Waals surface area contributed by atoms with Gasteiger partial charge >= 0.3 is 5.97 Å². The second kappa shape index (κ2) is 6.77. The van der Waals surface area contributed by atoms with Crippen molar-refractivity contribution >= 4 is 16.9 Å². The lowest BCUT2D eigenvalue weighted by atomic mass is 9.72. The Bertz CT molecular complexity index is 748. The number of nitrogens with zero attached hydrogens (tertiary/aromatic N) is 3. The van der Waals surface area contributed by atoms with Gasteiger partial charge in [0, 0.05) is 18.5 Å². The highest BCUT2D eigenvalue weighted by atomic mass is 16.5. The van der Waals surface area contributed by atoms with Gasteiger partial charge < -0.3 is 15.0 Å².